The molecule has 4 aromatic rings. The van der Waals surface area contributed by atoms with Crippen LogP contribution >= 0.6 is 0 Å². The summed E-state index contributed by atoms with van der Waals surface area (Å²) in [5.74, 6) is -3.45. The molecule has 2 heterocycles. The van der Waals surface area contributed by atoms with Crippen molar-refractivity contribution in [2.24, 2.45) is 12.5 Å². The molecular formula is C35H32F9N3O4. The van der Waals surface area contributed by atoms with E-state index in [1.165, 1.54) is 67.7 Å². The molecule has 0 spiro atoms. The Morgan fingerprint density at radius 2 is 1.41 bits per heavy atom. The molecular weight excluding hydrogens is 697 g/mol. The molecule has 7 nitrogen and oxygen atoms in total. The molecule has 0 unspecified atom stereocenters. The number of carbonyl (C=O) groups is 2. The number of pyridine rings is 1. The smallest absolute Gasteiger partial charge is 0.417 e. The van der Waals surface area contributed by atoms with E-state index in [4.69, 9.17) is 0 Å². The van der Waals surface area contributed by atoms with Crippen molar-refractivity contribution in [3.05, 3.63) is 82.1 Å². The molecule has 1 saturated heterocycles. The number of aryl methyl sites for hydroxylation is 1. The maximum absolute atomic E-state index is 14.7. The van der Waals surface area contributed by atoms with Crippen molar-refractivity contribution in [3.8, 4) is 11.1 Å². The number of aliphatic carboxylic acids is 1. The summed E-state index contributed by atoms with van der Waals surface area (Å²) in [7, 11) is 1.32. The fourth-order valence-corrected chi connectivity index (χ4v) is 6.79. The van der Waals surface area contributed by atoms with Crippen LogP contribution in [0.3, 0.4) is 0 Å². The first-order valence-electron chi connectivity index (χ1n) is 15.6. The van der Waals surface area contributed by atoms with Crippen LogP contribution in [-0.4, -0.2) is 63.5 Å². The predicted molar refractivity (Wildman–Crippen MR) is 170 cm³/mol. The number of carboxylic acids is 1. The second kappa shape index (κ2) is 12.9. The van der Waals surface area contributed by atoms with Gasteiger partial charge in [-0.15, -0.1) is 0 Å². The van der Waals surface area contributed by atoms with E-state index < -0.39 is 96.4 Å². The van der Waals surface area contributed by atoms with Crippen LogP contribution in [-0.2, 0) is 29.2 Å². The van der Waals surface area contributed by atoms with Crippen molar-refractivity contribution in [3.63, 3.8) is 0 Å². The zero-order valence-corrected chi connectivity index (χ0v) is 27.4. The highest BCUT2D eigenvalue weighted by molar-refractivity contribution is 6.02. The van der Waals surface area contributed by atoms with Crippen molar-refractivity contribution >= 4 is 33.6 Å². The molecule has 274 valence electrons. The summed E-state index contributed by atoms with van der Waals surface area (Å²) in [4.78, 5) is 40.0. The maximum Gasteiger partial charge on any atom is 0.417 e. The lowest BCUT2D eigenvalue weighted by atomic mass is 9.75. The highest BCUT2D eigenvalue weighted by Gasteiger charge is 2.63. The van der Waals surface area contributed by atoms with Crippen LogP contribution in [0.25, 0.3) is 32.8 Å². The number of carboxylic acid groups (broad SMARTS) is 1. The number of aromatic nitrogens is 1. The summed E-state index contributed by atoms with van der Waals surface area (Å²) in [6.07, 6.45) is -17.7. The average molecular weight is 730 g/mol. The molecule has 2 N–H and O–H groups in total. The fourth-order valence-electron chi connectivity index (χ4n) is 6.79. The lowest BCUT2D eigenvalue weighted by Crippen LogP contribution is -2.63. The van der Waals surface area contributed by atoms with Gasteiger partial charge < -0.3 is 15.0 Å². The normalized spacial score (nSPS) is 16.7. The number of benzene rings is 3. The van der Waals surface area contributed by atoms with Gasteiger partial charge in [-0.2, -0.15) is 39.5 Å². The molecule has 3 aromatic carbocycles. The third-order valence-electron chi connectivity index (χ3n) is 9.97. The van der Waals surface area contributed by atoms with Crippen LogP contribution in [0.2, 0.25) is 0 Å². The van der Waals surface area contributed by atoms with Gasteiger partial charge in [-0.25, -0.2) is 4.79 Å². The van der Waals surface area contributed by atoms with E-state index in [2.05, 4.69) is 0 Å². The summed E-state index contributed by atoms with van der Waals surface area (Å²) >= 11 is 0. The Morgan fingerprint density at radius 1 is 0.843 bits per heavy atom. The number of hydrogen-bond donors (Lipinski definition) is 2. The molecule has 1 fully saturated rings. The Hall–Kier alpha value is -4.60. The first kappa shape index (κ1) is 37.7. The number of para-hydroxylation sites is 1. The topological polar surface area (TPSA) is 91.6 Å². The first-order valence-corrected chi connectivity index (χ1v) is 15.6. The molecule has 1 amide bonds. The van der Waals surface area contributed by atoms with Crippen LogP contribution < -0.4 is 10.9 Å². The Morgan fingerprint density at radius 3 is 1.98 bits per heavy atom. The Balaban J connectivity index is 1.53. The quantitative estimate of drug-likeness (QED) is 0.193. The molecule has 5 rings (SSSR count). The van der Waals surface area contributed by atoms with Crippen molar-refractivity contribution in [2.75, 3.05) is 13.1 Å². The van der Waals surface area contributed by atoms with Crippen LogP contribution in [0.15, 0.2) is 65.5 Å². The van der Waals surface area contributed by atoms with Crippen molar-refractivity contribution < 1.29 is 54.2 Å². The number of alkyl halides is 9. The van der Waals surface area contributed by atoms with Crippen LogP contribution in [0.5, 0.6) is 0 Å². The summed E-state index contributed by atoms with van der Waals surface area (Å²) < 4.78 is 129. The monoisotopic (exact) mass is 729 g/mol. The van der Waals surface area contributed by atoms with Gasteiger partial charge in [0.15, 0.2) is 0 Å². The SMILES string of the molecule is Cn1c(=O)c(-c2cccc3c(C[C@H](NC(=O)C4(C(F)(F)F)CCN(C(C)(C)C(F)(F)F)CC4)C(=O)O)cccc23)c(C(F)(F)F)c2ccccc21. The molecule has 1 aliphatic heterocycles. The molecule has 1 atom stereocenters. The van der Waals surface area contributed by atoms with E-state index >= 15 is 0 Å². The largest absolute Gasteiger partial charge is 0.480 e. The summed E-state index contributed by atoms with van der Waals surface area (Å²) in [5.41, 5.74) is -8.46. The van der Waals surface area contributed by atoms with Crippen molar-refractivity contribution in [1.82, 2.24) is 14.8 Å². The Bertz CT molecular complexity index is 2060. The Kier molecular flexibility index (Phi) is 9.50. The van der Waals surface area contributed by atoms with Gasteiger partial charge in [0, 0.05) is 31.9 Å². The number of fused-ring (bicyclic) bond motifs is 2. The van der Waals surface area contributed by atoms with Crippen molar-refractivity contribution in [1.29, 1.82) is 0 Å². The zero-order valence-electron chi connectivity index (χ0n) is 27.4. The zero-order chi connectivity index (χ0) is 37.9. The average Bonchev–Trinajstić information content (AvgIpc) is 3.04. The number of carbonyl (C=O) groups excluding carboxylic acids is 1. The lowest BCUT2D eigenvalue weighted by Gasteiger charge is -2.47. The fraction of sp³-hybridized carbons (Fsp3) is 0.400. The maximum atomic E-state index is 14.7. The molecule has 51 heavy (non-hydrogen) atoms. The number of rotatable bonds is 7. The number of nitrogens with zero attached hydrogens (tertiary/aromatic N) is 2. The van der Waals surface area contributed by atoms with E-state index in [1.807, 2.05) is 5.32 Å². The molecule has 16 heteroatoms. The molecule has 0 radical (unpaired) electrons. The first-order chi connectivity index (χ1) is 23.5. The van der Waals surface area contributed by atoms with E-state index in [-0.39, 0.29) is 32.8 Å². The summed E-state index contributed by atoms with van der Waals surface area (Å²) in [5, 5.41) is 12.0. The van der Waals surface area contributed by atoms with E-state index in [1.54, 1.807) is 0 Å². The lowest BCUT2D eigenvalue weighted by molar-refractivity contribution is -0.253. The van der Waals surface area contributed by atoms with Crippen LogP contribution in [0.1, 0.15) is 37.8 Å². The van der Waals surface area contributed by atoms with Gasteiger partial charge in [-0.3, -0.25) is 14.5 Å². The van der Waals surface area contributed by atoms with Gasteiger partial charge in [0.1, 0.15) is 17.0 Å². The third kappa shape index (κ3) is 6.53. The molecule has 0 bridgehead atoms. The van der Waals surface area contributed by atoms with E-state index in [0.717, 1.165) is 23.3 Å². The molecule has 1 aliphatic rings. The van der Waals surface area contributed by atoms with Gasteiger partial charge in [-0.05, 0) is 54.7 Å². The summed E-state index contributed by atoms with van der Waals surface area (Å²) in [6, 6.07) is 11.7. The minimum absolute atomic E-state index is 0.0332. The number of likely N-dealkylation sites (tertiary alicyclic amines) is 1. The van der Waals surface area contributed by atoms with Crippen LogP contribution in [0, 0.1) is 5.41 Å². The second-order valence-corrected chi connectivity index (χ2v) is 13.1. The van der Waals surface area contributed by atoms with E-state index in [9.17, 15) is 59.0 Å². The highest BCUT2D eigenvalue weighted by Crippen LogP contribution is 2.49. The van der Waals surface area contributed by atoms with Crippen molar-refractivity contribution in [2.45, 2.75) is 63.2 Å². The van der Waals surface area contributed by atoms with Gasteiger partial charge >= 0.3 is 24.5 Å². The molecule has 0 aliphatic carbocycles. The van der Waals surface area contributed by atoms with E-state index in [0.29, 0.717) is 0 Å². The van der Waals surface area contributed by atoms with Gasteiger partial charge in [0.2, 0.25) is 5.91 Å². The molecule has 0 saturated carbocycles. The number of halogens is 9. The minimum atomic E-state index is -5.24. The van der Waals surface area contributed by atoms with Gasteiger partial charge in [0.25, 0.3) is 5.56 Å². The van der Waals surface area contributed by atoms with Crippen LogP contribution in [0.4, 0.5) is 39.5 Å². The highest BCUT2D eigenvalue weighted by atomic mass is 19.4. The predicted octanol–water partition coefficient (Wildman–Crippen LogP) is 7.47. The molecule has 1 aromatic heterocycles. The minimum Gasteiger partial charge on any atom is -0.480 e. The number of nitrogens with one attached hydrogen (secondary N) is 1. The second-order valence-electron chi connectivity index (χ2n) is 13.1. The number of amides is 1. The Labute approximate surface area is 284 Å². The number of piperidine rings is 1. The number of hydrogen-bond acceptors (Lipinski definition) is 4. The van der Waals surface area contributed by atoms with Gasteiger partial charge in [-0.1, -0.05) is 54.6 Å². The third-order valence-corrected chi connectivity index (χ3v) is 9.97. The van der Waals surface area contributed by atoms with Gasteiger partial charge in [0.05, 0.1) is 16.6 Å². The summed E-state index contributed by atoms with van der Waals surface area (Å²) in [6.45, 7) is 0.117. The standard InChI is InChI=1S/C35H32F9N3O4/c1-31(2,34(39,40)41)47-16-14-32(15-17-47,35(42,43)44)30(51)45-24(29(49)50)18-19-8-6-11-21-20(19)10-7-12-22(21)26-27(33(36,37)38)23-9-4-5-13-25(23)46(3)28(26)48/h4-13,24H,14-18H2,1-3H3,(H,45,51)(H,49,50)/t24-/m0/s1.